The van der Waals surface area contributed by atoms with Crippen LogP contribution in [0.3, 0.4) is 0 Å². The third kappa shape index (κ3) is 3.14. The van der Waals surface area contributed by atoms with Crippen LogP contribution in [0.15, 0.2) is 6.20 Å². The van der Waals surface area contributed by atoms with Crippen LogP contribution in [0.5, 0.6) is 0 Å². The first-order valence-corrected chi connectivity index (χ1v) is 7.50. The number of rotatable bonds is 7. The summed E-state index contributed by atoms with van der Waals surface area (Å²) in [5.74, 6) is 0.935. The molecular formula is C15H27N3. The zero-order chi connectivity index (χ0) is 13.0. The highest BCUT2D eigenvalue weighted by atomic mass is 15.3. The largest absolute Gasteiger partial charge is 0.310 e. The number of aryl methyl sites for hydroxylation is 2. The Morgan fingerprint density at radius 3 is 2.78 bits per heavy atom. The Morgan fingerprint density at radius 2 is 2.22 bits per heavy atom. The molecule has 102 valence electrons. The fraction of sp³-hybridized carbons (Fsp3) is 0.800. The lowest BCUT2D eigenvalue weighted by atomic mass is 9.79. The van der Waals surface area contributed by atoms with E-state index in [1.54, 1.807) is 0 Å². The molecule has 1 heterocycles. The Morgan fingerprint density at radius 1 is 1.44 bits per heavy atom. The first-order valence-electron chi connectivity index (χ1n) is 7.50. The van der Waals surface area contributed by atoms with Gasteiger partial charge in [0.05, 0.1) is 5.69 Å². The number of nitrogens with zero attached hydrogens (tertiary/aromatic N) is 2. The van der Waals surface area contributed by atoms with Crippen LogP contribution in [0, 0.1) is 5.92 Å². The van der Waals surface area contributed by atoms with Crippen LogP contribution in [0.4, 0.5) is 0 Å². The lowest BCUT2D eigenvalue weighted by Crippen LogP contribution is -2.27. The summed E-state index contributed by atoms with van der Waals surface area (Å²) in [5, 5.41) is 8.31. The Bertz CT molecular complexity index is 366. The maximum Gasteiger partial charge on any atom is 0.0669 e. The van der Waals surface area contributed by atoms with Crippen molar-refractivity contribution in [2.45, 2.75) is 58.4 Å². The second-order valence-electron chi connectivity index (χ2n) is 5.60. The molecule has 0 aromatic carbocycles. The molecule has 3 nitrogen and oxygen atoms in total. The number of aromatic nitrogens is 2. The number of nitrogens with one attached hydrogen (secondary N) is 1. The smallest absolute Gasteiger partial charge is 0.0669 e. The Labute approximate surface area is 111 Å². The molecule has 1 unspecified atom stereocenters. The van der Waals surface area contributed by atoms with E-state index in [2.05, 4.69) is 30.5 Å². The Balaban J connectivity index is 2.09. The van der Waals surface area contributed by atoms with E-state index in [1.807, 2.05) is 11.7 Å². The zero-order valence-corrected chi connectivity index (χ0v) is 12.1. The SMILES string of the molecule is CCCNC(CC1CCC1)c1cn(C)nc1CC. The summed E-state index contributed by atoms with van der Waals surface area (Å²) in [6.45, 7) is 5.54. The molecule has 1 fully saturated rings. The molecule has 0 bridgehead atoms. The average Bonchev–Trinajstić information content (AvgIpc) is 2.68. The van der Waals surface area contributed by atoms with E-state index in [0.717, 1.165) is 18.9 Å². The van der Waals surface area contributed by atoms with Crippen molar-refractivity contribution in [3.8, 4) is 0 Å². The van der Waals surface area contributed by atoms with Crippen molar-refractivity contribution < 1.29 is 0 Å². The van der Waals surface area contributed by atoms with Gasteiger partial charge in [-0.2, -0.15) is 5.10 Å². The van der Waals surface area contributed by atoms with Gasteiger partial charge < -0.3 is 5.32 Å². The lowest BCUT2D eigenvalue weighted by Gasteiger charge is -2.30. The summed E-state index contributed by atoms with van der Waals surface area (Å²) in [7, 11) is 2.03. The fourth-order valence-electron chi connectivity index (χ4n) is 2.82. The maximum absolute atomic E-state index is 4.59. The van der Waals surface area contributed by atoms with Crippen LogP contribution in [0.2, 0.25) is 0 Å². The minimum Gasteiger partial charge on any atom is -0.310 e. The molecule has 3 heteroatoms. The van der Waals surface area contributed by atoms with Crippen LogP contribution in [-0.2, 0) is 13.5 Å². The first-order chi connectivity index (χ1) is 8.74. The van der Waals surface area contributed by atoms with Crippen LogP contribution in [0.1, 0.15) is 63.3 Å². The summed E-state index contributed by atoms with van der Waals surface area (Å²) in [4.78, 5) is 0. The fourth-order valence-corrected chi connectivity index (χ4v) is 2.82. The van der Waals surface area contributed by atoms with E-state index >= 15 is 0 Å². The summed E-state index contributed by atoms with van der Waals surface area (Å²) in [6, 6.07) is 0.513. The zero-order valence-electron chi connectivity index (χ0n) is 12.1. The Kier molecular flexibility index (Phi) is 4.81. The second kappa shape index (κ2) is 6.37. The molecule has 1 saturated carbocycles. The molecular weight excluding hydrogens is 222 g/mol. The van der Waals surface area contributed by atoms with E-state index in [9.17, 15) is 0 Å². The molecule has 1 aromatic heterocycles. The lowest BCUT2D eigenvalue weighted by molar-refractivity contribution is 0.260. The highest BCUT2D eigenvalue weighted by molar-refractivity contribution is 5.21. The van der Waals surface area contributed by atoms with Gasteiger partial charge in [0, 0.05) is 24.8 Å². The summed E-state index contributed by atoms with van der Waals surface area (Å²) < 4.78 is 1.97. The van der Waals surface area contributed by atoms with Crippen molar-refractivity contribution in [2.24, 2.45) is 13.0 Å². The molecule has 1 aliphatic rings. The van der Waals surface area contributed by atoms with Gasteiger partial charge in [-0.25, -0.2) is 0 Å². The van der Waals surface area contributed by atoms with E-state index in [0.29, 0.717) is 6.04 Å². The summed E-state index contributed by atoms with van der Waals surface area (Å²) >= 11 is 0. The number of hydrogen-bond donors (Lipinski definition) is 1. The van der Waals surface area contributed by atoms with Gasteiger partial charge in [-0.15, -0.1) is 0 Å². The van der Waals surface area contributed by atoms with Crippen LogP contribution >= 0.6 is 0 Å². The quantitative estimate of drug-likeness (QED) is 0.804. The second-order valence-corrected chi connectivity index (χ2v) is 5.60. The van der Waals surface area contributed by atoms with Crippen molar-refractivity contribution in [1.29, 1.82) is 0 Å². The predicted molar refractivity (Wildman–Crippen MR) is 75.6 cm³/mol. The van der Waals surface area contributed by atoms with Crippen molar-refractivity contribution in [1.82, 2.24) is 15.1 Å². The summed E-state index contributed by atoms with van der Waals surface area (Å²) in [5.41, 5.74) is 2.70. The van der Waals surface area contributed by atoms with Crippen molar-refractivity contribution in [3.63, 3.8) is 0 Å². The minimum absolute atomic E-state index is 0.513. The number of hydrogen-bond acceptors (Lipinski definition) is 2. The van der Waals surface area contributed by atoms with Gasteiger partial charge in [-0.05, 0) is 31.7 Å². The highest BCUT2D eigenvalue weighted by Crippen LogP contribution is 2.35. The van der Waals surface area contributed by atoms with Gasteiger partial charge >= 0.3 is 0 Å². The normalized spacial score (nSPS) is 17.7. The molecule has 18 heavy (non-hydrogen) atoms. The molecule has 0 saturated heterocycles. The van der Waals surface area contributed by atoms with Crippen molar-refractivity contribution in [2.75, 3.05) is 6.54 Å². The maximum atomic E-state index is 4.59. The standard InChI is InChI=1S/C15H27N3/c1-4-9-16-15(10-12-7-6-8-12)13-11-18(3)17-14(13)5-2/h11-12,15-16H,4-10H2,1-3H3. The van der Waals surface area contributed by atoms with E-state index in [1.165, 1.54) is 43.4 Å². The molecule has 2 rings (SSSR count). The molecule has 0 spiro atoms. The molecule has 1 aliphatic carbocycles. The van der Waals surface area contributed by atoms with E-state index < -0.39 is 0 Å². The molecule has 1 N–H and O–H groups in total. The van der Waals surface area contributed by atoms with E-state index in [-0.39, 0.29) is 0 Å². The third-order valence-electron chi connectivity index (χ3n) is 4.08. The van der Waals surface area contributed by atoms with E-state index in [4.69, 9.17) is 0 Å². The Hall–Kier alpha value is -0.830. The van der Waals surface area contributed by atoms with Crippen molar-refractivity contribution >= 4 is 0 Å². The molecule has 1 aromatic rings. The predicted octanol–water partition coefficient (Wildman–Crippen LogP) is 3.21. The van der Waals surface area contributed by atoms with Crippen LogP contribution < -0.4 is 5.32 Å². The van der Waals surface area contributed by atoms with Gasteiger partial charge in [-0.1, -0.05) is 33.1 Å². The molecule has 0 aliphatic heterocycles. The van der Waals surface area contributed by atoms with Gasteiger partial charge in [-0.3, -0.25) is 4.68 Å². The molecule has 0 amide bonds. The minimum atomic E-state index is 0.513. The molecule has 1 atom stereocenters. The first kappa shape index (κ1) is 13.6. The topological polar surface area (TPSA) is 29.9 Å². The molecule has 0 radical (unpaired) electrons. The highest BCUT2D eigenvalue weighted by Gasteiger charge is 2.25. The average molecular weight is 249 g/mol. The monoisotopic (exact) mass is 249 g/mol. The van der Waals surface area contributed by atoms with Gasteiger partial charge in [0.1, 0.15) is 0 Å². The summed E-state index contributed by atoms with van der Waals surface area (Å²) in [6.07, 6.45) is 10.0. The van der Waals surface area contributed by atoms with Gasteiger partial charge in [0.15, 0.2) is 0 Å². The van der Waals surface area contributed by atoms with Crippen LogP contribution in [-0.4, -0.2) is 16.3 Å². The third-order valence-corrected chi connectivity index (χ3v) is 4.08. The van der Waals surface area contributed by atoms with Gasteiger partial charge in [0.2, 0.25) is 0 Å². The van der Waals surface area contributed by atoms with Crippen molar-refractivity contribution in [3.05, 3.63) is 17.5 Å². The van der Waals surface area contributed by atoms with Gasteiger partial charge in [0.25, 0.3) is 0 Å². The van der Waals surface area contributed by atoms with Crippen LogP contribution in [0.25, 0.3) is 0 Å².